The number of carbonyl (C=O) groups excluding carboxylic acids is 2. The van der Waals surface area contributed by atoms with Crippen molar-refractivity contribution in [2.75, 3.05) is 5.75 Å². The third-order valence-electron chi connectivity index (χ3n) is 1.83. The van der Waals surface area contributed by atoms with Crippen molar-refractivity contribution in [1.29, 1.82) is 0 Å². The van der Waals surface area contributed by atoms with Crippen molar-refractivity contribution in [1.82, 2.24) is 0 Å². The molecule has 0 fully saturated rings. The van der Waals surface area contributed by atoms with Crippen LogP contribution in [0.2, 0.25) is 0 Å². The van der Waals surface area contributed by atoms with Crippen LogP contribution in [-0.4, -0.2) is 28.9 Å². The fourth-order valence-corrected chi connectivity index (χ4v) is 1.88. The van der Waals surface area contributed by atoms with Gasteiger partial charge in [-0.25, -0.2) is 0 Å². The highest BCUT2D eigenvalue weighted by molar-refractivity contribution is 7.99. The molecule has 4 nitrogen and oxygen atoms in total. The Morgan fingerprint density at radius 1 is 1.25 bits per heavy atom. The lowest BCUT2D eigenvalue weighted by Gasteiger charge is -2.00. The molecule has 84 valence electrons. The predicted octanol–water partition coefficient (Wildman–Crippen LogP) is 1.64. The van der Waals surface area contributed by atoms with Crippen LogP contribution in [0.15, 0.2) is 29.2 Å². The Bertz CT molecular complexity index is 397. The molecule has 1 aromatic carbocycles. The SMILES string of the molecule is O=CC(=O)c1ccc(SCCC(=O)O)cc1. The number of Topliss-reactive ketones (excluding diaryl/α,β-unsaturated/α-hetero) is 1. The summed E-state index contributed by atoms with van der Waals surface area (Å²) in [6.45, 7) is 0. The van der Waals surface area contributed by atoms with Crippen LogP contribution in [0.4, 0.5) is 0 Å². The Morgan fingerprint density at radius 2 is 1.88 bits per heavy atom. The quantitative estimate of drug-likeness (QED) is 0.353. The molecule has 1 rings (SSSR count). The van der Waals surface area contributed by atoms with Gasteiger partial charge in [-0.2, -0.15) is 0 Å². The van der Waals surface area contributed by atoms with Crippen LogP contribution in [0, 0.1) is 0 Å². The lowest BCUT2D eigenvalue weighted by Crippen LogP contribution is -1.99. The molecule has 0 unspecified atom stereocenters. The normalized spacial score (nSPS) is 9.75. The Kier molecular flexibility index (Phi) is 4.72. The summed E-state index contributed by atoms with van der Waals surface area (Å²) in [5.41, 5.74) is 0.345. The first-order chi connectivity index (χ1) is 7.63. The van der Waals surface area contributed by atoms with E-state index in [2.05, 4.69) is 0 Å². The first kappa shape index (κ1) is 12.4. The number of aliphatic carboxylic acids is 1. The zero-order chi connectivity index (χ0) is 12.0. The first-order valence-corrected chi connectivity index (χ1v) is 5.56. The minimum atomic E-state index is -0.833. The van der Waals surface area contributed by atoms with Gasteiger partial charge < -0.3 is 5.11 Å². The van der Waals surface area contributed by atoms with Gasteiger partial charge in [-0.3, -0.25) is 14.4 Å². The highest BCUT2D eigenvalue weighted by atomic mass is 32.2. The van der Waals surface area contributed by atoms with Crippen LogP contribution >= 0.6 is 11.8 Å². The average molecular weight is 238 g/mol. The Balaban J connectivity index is 2.54. The maximum atomic E-state index is 11.0. The van der Waals surface area contributed by atoms with Gasteiger partial charge in [0.05, 0.1) is 6.42 Å². The smallest absolute Gasteiger partial charge is 0.304 e. The summed E-state index contributed by atoms with van der Waals surface area (Å²) in [6.07, 6.45) is 0.367. The molecule has 0 spiro atoms. The topological polar surface area (TPSA) is 71.4 Å². The highest BCUT2D eigenvalue weighted by Crippen LogP contribution is 2.19. The maximum Gasteiger partial charge on any atom is 0.304 e. The van der Waals surface area contributed by atoms with Crippen LogP contribution in [0.1, 0.15) is 16.8 Å². The molecule has 0 aliphatic rings. The van der Waals surface area contributed by atoms with E-state index in [-0.39, 0.29) is 12.7 Å². The Morgan fingerprint density at radius 3 is 2.38 bits per heavy atom. The number of aldehydes is 1. The van der Waals surface area contributed by atoms with Gasteiger partial charge >= 0.3 is 5.97 Å². The standard InChI is InChI=1S/C11H10O4S/c12-7-10(13)8-1-3-9(4-2-8)16-6-5-11(14)15/h1-4,7H,5-6H2,(H,14,15). The summed E-state index contributed by atoms with van der Waals surface area (Å²) >= 11 is 1.40. The van der Waals surface area contributed by atoms with Crippen molar-refractivity contribution in [3.63, 3.8) is 0 Å². The molecule has 16 heavy (non-hydrogen) atoms. The lowest BCUT2D eigenvalue weighted by atomic mass is 10.1. The van der Waals surface area contributed by atoms with Crippen LogP contribution in [0.25, 0.3) is 0 Å². The zero-order valence-electron chi connectivity index (χ0n) is 8.38. The van der Waals surface area contributed by atoms with Gasteiger partial charge in [0, 0.05) is 16.2 Å². The zero-order valence-corrected chi connectivity index (χ0v) is 9.20. The molecule has 0 aromatic heterocycles. The third kappa shape index (κ3) is 3.86. The fraction of sp³-hybridized carbons (Fsp3) is 0.182. The molecule has 0 saturated heterocycles. The molecule has 5 heteroatoms. The largest absolute Gasteiger partial charge is 0.481 e. The second-order valence-corrected chi connectivity index (χ2v) is 4.17. The van der Waals surface area contributed by atoms with Gasteiger partial charge in [0.25, 0.3) is 0 Å². The summed E-state index contributed by atoms with van der Waals surface area (Å²) < 4.78 is 0. The summed E-state index contributed by atoms with van der Waals surface area (Å²) in [6, 6.07) is 6.51. The number of carboxylic acids is 1. The van der Waals surface area contributed by atoms with E-state index < -0.39 is 11.8 Å². The number of thioether (sulfide) groups is 1. The third-order valence-corrected chi connectivity index (χ3v) is 2.84. The number of hydrogen-bond acceptors (Lipinski definition) is 4. The molecule has 0 atom stereocenters. The molecule has 0 radical (unpaired) electrons. The van der Waals surface area contributed by atoms with Gasteiger partial charge in [0.2, 0.25) is 5.78 Å². The molecule has 0 amide bonds. The fourth-order valence-electron chi connectivity index (χ4n) is 1.04. The van der Waals surface area contributed by atoms with E-state index in [9.17, 15) is 14.4 Å². The van der Waals surface area contributed by atoms with E-state index >= 15 is 0 Å². The molecular formula is C11H10O4S. The Hall–Kier alpha value is -1.62. The minimum absolute atomic E-state index is 0.0969. The van der Waals surface area contributed by atoms with E-state index in [4.69, 9.17) is 5.11 Å². The monoisotopic (exact) mass is 238 g/mol. The van der Waals surface area contributed by atoms with Crippen molar-refractivity contribution in [2.24, 2.45) is 0 Å². The van der Waals surface area contributed by atoms with Gasteiger partial charge in [-0.1, -0.05) is 0 Å². The van der Waals surface area contributed by atoms with Gasteiger partial charge in [0.1, 0.15) is 0 Å². The lowest BCUT2D eigenvalue weighted by molar-refractivity contribution is -0.136. The van der Waals surface area contributed by atoms with Gasteiger partial charge in [-0.15, -0.1) is 11.8 Å². The van der Waals surface area contributed by atoms with E-state index in [1.165, 1.54) is 11.8 Å². The molecule has 0 aliphatic carbocycles. The molecule has 1 N–H and O–H groups in total. The van der Waals surface area contributed by atoms with Gasteiger partial charge in [0.15, 0.2) is 6.29 Å². The molecule has 0 aliphatic heterocycles. The number of hydrogen-bond donors (Lipinski definition) is 1. The average Bonchev–Trinajstić information content (AvgIpc) is 2.28. The second-order valence-electron chi connectivity index (χ2n) is 3.00. The molecule has 0 heterocycles. The van der Waals surface area contributed by atoms with Crippen LogP contribution in [0.5, 0.6) is 0 Å². The predicted molar refractivity (Wildman–Crippen MR) is 59.8 cm³/mol. The van der Waals surface area contributed by atoms with Crippen LogP contribution in [0.3, 0.4) is 0 Å². The van der Waals surface area contributed by atoms with Crippen molar-refractivity contribution in [3.05, 3.63) is 29.8 Å². The van der Waals surface area contributed by atoms with Gasteiger partial charge in [-0.05, 0) is 24.3 Å². The summed E-state index contributed by atoms with van der Waals surface area (Å²) in [4.78, 5) is 32.3. The van der Waals surface area contributed by atoms with Crippen molar-refractivity contribution < 1.29 is 19.5 Å². The van der Waals surface area contributed by atoms with Crippen molar-refractivity contribution >= 4 is 29.8 Å². The molecule has 0 bridgehead atoms. The number of ketones is 1. The van der Waals surface area contributed by atoms with Crippen LogP contribution < -0.4 is 0 Å². The molecule has 1 aromatic rings. The maximum absolute atomic E-state index is 11.0. The van der Waals surface area contributed by atoms with E-state index in [1.807, 2.05) is 0 Å². The highest BCUT2D eigenvalue weighted by Gasteiger charge is 2.04. The summed E-state index contributed by atoms with van der Waals surface area (Å²) in [7, 11) is 0. The number of benzene rings is 1. The van der Waals surface area contributed by atoms with Crippen LogP contribution in [-0.2, 0) is 9.59 Å². The van der Waals surface area contributed by atoms with E-state index in [0.29, 0.717) is 11.3 Å². The molecule has 0 saturated carbocycles. The second kappa shape index (κ2) is 6.07. The molecular weight excluding hydrogens is 228 g/mol. The van der Waals surface area contributed by atoms with E-state index in [1.54, 1.807) is 24.3 Å². The number of carboxylic acid groups (broad SMARTS) is 1. The first-order valence-electron chi connectivity index (χ1n) is 4.57. The van der Waals surface area contributed by atoms with E-state index in [0.717, 1.165) is 4.90 Å². The van der Waals surface area contributed by atoms with Crippen molar-refractivity contribution in [2.45, 2.75) is 11.3 Å². The minimum Gasteiger partial charge on any atom is -0.481 e. The summed E-state index contributed by atoms with van der Waals surface area (Å²) in [5.74, 6) is -0.904. The van der Waals surface area contributed by atoms with Crippen molar-refractivity contribution in [3.8, 4) is 0 Å². The Labute approximate surface area is 96.7 Å². The number of carbonyl (C=O) groups is 3. The summed E-state index contributed by atoms with van der Waals surface area (Å²) in [5, 5.41) is 8.44. The number of rotatable bonds is 6.